The number of rotatable bonds is 6. The number of benzene rings is 1. The summed E-state index contributed by atoms with van der Waals surface area (Å²) in [6.07, 6.45) is 5.92. The highest BCUT2D eigenvalue weighted by Gasteiger charge is 2.25. The van der Waals surface area contributed by atoms with Crippen LogP contribution in [0.3, 0.4) is 0 Å². The number of hydrogen-bond acceptors (Lipinski definition) is 4. The molecule has 1 aromatic carbocycles. The second-order valence-electron chi connectivity index (χ2n) is 6.89. The molecule has 3 N–H and O–H groups in total. The van der Waals surface area contributed by atoms with Crippen molar-refractivity contribution >= 4 is 17.5 Å². The van der Waals surface area contributed by atoms with Gasteiger partial charge in [-0.1, -0.05) is 12.8 Å². The number of hydrogen-bond donors (Lipinski definition) is 2. The van der Waals surface area contributed by atoms with Gasteiger partial charge in [0.1, 0.15) is 5.75 Å². The Hall–Kier alpha value is -2.08. The number of carbonyl (C=O) groups is 2. The van der Waals surface area contributed by atoms with Gasteiger partial charge in [-0.3, -0.25) is 9.59 Å². The van der Waals surface area contributed by atoms with Crippen LogP contribution in [0.15, 0.2) is 24.3 Å². The van der Waals surface area contributed by atoms with Crippen LogP contribution in [0.2, 0.25) is 0 Å². The highest BCUT2D eigenvalue weighted by atomic mass is 16.5. The van der Waals surface area contributed by atoms with E-state index < -0.39 is 0 Å². The molecule has 136 valence electrons. The number of amides is 2. The lowest BCUT2D eigenvalue weighted by molar-refractivity contribution is -0.124. The van der Waals surface area contributed by atoms with Gasteiger partial charge in [-0.15, -0.1) is 0 Å². The van der Waals surface area contributed by atoms with Crippen LogP contribution in [-0.2, 0) is 9.59 Å². The Morgan fingerprint density at radius 2 is 1.96 bits per heavy atom. The van der Waals surface area contributed by atoms with Gasteiger partial charge in [0.25, 0.3) is 5.91 Å². The van der Waals surface area contributed by atoms with Gasteiger partial charge in [0.2, 0.25) is 5.91 Å². The predicted molar refractivity (Wildman–Crippen MR) is 96.5 cm³/mol. The van der Waals surface area contributed by atoms with E-state index in [1.165, 1.54) is 6.42 Å². The van der Waals surface area contributed by atoms with E-state index in [-0.39, 0.29) is 24.5 Å². The summed E-state index contributed by atoms with van der Waals surface area (Å²) in [4.78, 5) is 25.7. The van der Waals surface area contributed by atoms with Gasteiger partial charge < -0.3 is 20.7 Å². The summed E-state index contributed by atoms with van der Waals surface area (Å²) in [5.74, 6) is 1.05. The van der Waals surface area contributed by atoms with Gasteiger partial charge in [-0.2, -0.15) is 0 Å². The standard InChI is InChI=1S/C19H27N3O3/c20-12-14-4-1-2-5-17(14)21-18(23)13-25-16-9-7-15(8-10-16)22-11-3-6-19(22)24/h7-10,14,17H,1-6,11-13,20H2,(H,21,23). The molecular formula is C19H27N3O3. The van der Waals surface area contributed by atoms with Gasteiger partial charge in [-0.25, -0.2) is 0 Å². The van der Waals surface area contributed by atoms with E-state index in [1.807, 2.05) is 12.1 Å². The van der Waals surface area contributed by atoms with Gasteiger partial charge in [0.05, 0.1) is 0 Å². The van der Waals surface area contributed by atoms with E-state index >= 15 is 0 Å². The lowest BCUT2D eigenvalue weighted by atomic mass is 9.84. The molecule has 6 nitrogen and oxygen atoms in total. The summed E-state index contributed by atoms with van der Waals surface area (Å²) < 4.78 is 5.58. The summed E-state index contributed by atoms with van der Waals surface area (Å²) in [7, 11) is 0. The number of ether oxygens (including phenoxy) is 1. The fraction of sp³-hybridized carbons (Fsp3) is 0.579. The maximum atomic E-state index is 12.1. The zero-order valence-corrected chi connectivity index (χ0v) is 14.6. The number of nitrogens with zero attached hydrogens (tertiary/aromatic N) is 1. The third kappa shape index (κ3) is 4.51. The zero-order chi connectivity index (χ0) is 17.6. The molecule has 1 aromatic rings. The number of nitrogens with two attached hydrogens (primary N) is 1. The van der Waals surface area contributed by atoms with Crippen LogP contribution >= 0.6 is 0 Å². The molecule has 0 bridgehead atoms. The molecular weight excluding hydrogens is 318 g/mol. The molecule has 2 amide bonds. The molecule has 2 atom stereocenters. The lowest BCUT2D eigenvalue weighted by Crippen LogP contribution is -2.46. The van der Waals surface area contributed by atoms with E-state index in [1.54, 1.807) is 17.0 Å². The van der Waals surface area contributed by atoms with Crippen LogP contribution in [0.25, 0.3) is 0 Å². The van der Waals surface area contributed by atoms with E-state index in [4.69, 9.17) is 10.5 Å². The first kappa shape index (κ1) is 17.7. The molecule has 0 spiro atoms. The van der Waals surface area contributed by atoms with Crippen LogP contribution in [0.5, 0.6) is 5.75 Å². The number of nitrogens with one attached hydrogen (secondary N) is 1. The fourth-order valence-corrected chi connectivity index (χ4v) is 3.72. The molecule has 1 aliphatic carbocycles. The molecule has 25 heavy (non-hydrogen) atoms. The van der Waals surface area contributed by atoms with Crippen molar-refractivity contribution in [2.45, 2.75) is 44.6 Å². The Morgan fingerprint density at radius 1 is 1.20 bits per heavy atom. The number of carbonyl (C=O) groups excluding carboxylic acids is 2. The highest BCUT2D eigenvalue weighted by molar-refractivity contribution is 5.95. The topological polar surface area (TPSA) is 84.7 Å². The Balaban J connectivity index is 1.48. The Morgan fingerprint density at radius 3 is 2.64 bits per heavy atom. The van der Waals surface area contributed by atoms with E-state index in [2.05, 4.69) is 5.32 Å². The Bertz CT molecular complexity index is 602. The van der Waals surface area contributed by atoms with Gasteiger partial charge in [-0.05, 0) is 56.0 Å². The van der Waals surface area contributed by atoms with E-state index in [0.29, 0.717) is 24.6 Å². The summed E-state index contributed by atoms with van der Waals surface area (Å²) in [5.41, 5.74) is 6.68. The Kier molecular flexibility index (Phi) is 5.91. The number of anilines is 1. The van der Waals surface area contributed by atoms with Crippen LogP contribution in [0.1, 0.15) is 38.5 Å². The first-order valence-corrected chi connectivity index (χ1v) is 9.20. The monoisotopic (exact) mass is 345 g/mol. The molecule has 1 saturated carbocycles. The quantitative estimate of drug-likeness (QED) is 0.824. The highest BCUT2D eigenvalue weighted by Crippen LogP contribution is 2.25. The average Bonchev–Trinajstić information content (AvgIpc) is 3.07. The third-order valence-corrected chi connectivity index (χ3v) is 5.15. The van der Waals surface area contributed by atoms with Crippen LogP contribution < -0.4 is 20.7 Å². The minimum absolute atomic E-state index is 0.00418. The SMILES string of the molecule is NCC1CCCCC1NC(=O)COc1ccc(N2CCCC2=O)cc1. The average molecular weight is 345 g/mol. The van der Waals surface area contributed by atoms with Crippen LogP contribution in [-0.4, -0.2) is 37.6 Å². The molecule has 2 aliphatic rings. The minimum Gasteiger partial charge on any atom is -0.484 e. The van der Waals surface area contributed by atoms with E-state index in [9.17, 15) is 9.59 Å². The third-order valence-electron chi connectivity index (χ3n) is 5.15. The van der Waals surface area contributed by atoms with Crippen molar-refractivity contribution in [1.29, 1.82) is 0 Å². The summed E-state index contributed by atoms with van der Waals surface area (Å²) in [6.45, 7) is 1.38. The van der Waals surface area contributed by atoms with Gasteiger partial charge >= 0.3 is 0 Å². The molecule has 1 saturated heterocycles. The second kappa shape index (κ2) is 8.34. The van der Waals surface area contributed by atoms with Gasteiger partial charge in [0.15, 0.2) is 6.61 Å². The molecule has 0 aromatic heterocycles. The zero-order valence-electron chi connectivity index (χ0n) is 14.6. The molecule has 1 heterocycles. The molecule has 1 aliphatic heterocycles. The van der Waals surface area contributed by atoms with Crippen LogP contribution in [0.4, 0.5) is 5.69 Å². The summed E-state index contributed by atoms with van der Waals surface area (Å²) in [5, 5.41) is 3.06. The van der Waals surface area contributed by atoms with Crippen molar-refractivity contribution in [1.82, 2.24) is 5.32 Å². The minimum atomic E-state index is -0.107. The molecule has 6 heteroatoms. The van der Waals surface area contributed by atoms with Crippen molar-refractivity contribution in [2.24, 2.45) is 11.7 Å². The normalized spacial score (nSPS) is 23.6. The first-order valence-electron chi connectivity index (χ1n) is 9.20. The predicted octanol–water partition coefficient (Wildman–Crippen LogP) is 1.83. The Labute approximate surface area is 148 Å². The summed E-state index contributed by atoms with van der Waals surface area (Å²) >= 11 is 0. The molecule has 2 fully saturated rings. The van der Waals surface area contributed by atoms with Crippen molar-refractivity contribution in [3.63, 3.8) is 0 Å². The maximum absolute atomic E-state index is 12.1. The molecule has 0 radical (unpaired) electrons. The molecule has 3 rings (SSSR count). The summed E-state index contributed by atoms with van der Waals surface area (Å²) in [6, 6.07) is 7.50. The largest absolute Gasteiger partial charge is 0.484 e. The first-order chi connectivity index (χ1) is 12.2. The van der Waals surface area contributed by atoms with Crippen molar-refractivity contribution in [2.75, 3.05) is 24.6 Å². The van der Waals surface area contributed by atoms with E-state index in [0.717, 1.165) is 37.9 Å². The second-order valence-corrected chi connectivity index (χ2v) is 6.89. The van der Waals surface area contributed by atoms with Crippen molar-refractivity contribution < 1.29 is 14.3 Å². The van der Waals surface area contributed by atoms with Crippen molar-refractivity contribution in [3.05, 3.63) is 24.3 Å². The molecule has 2 unspecified atom stereocenters. The smallest absolute Gasteiger partial charge is 0.258 e. The van der Waals surface area contributed by atoms with Gasteiger partial charge in [0, 0.05) is 24.7 Å². The maximum Gasteiger partial charge on any atom is 0.258 e. The lowest BCUT2D eigenvalue weighted by Gasteiger charge is -2.31. The fourth-order valence-electron chi connectivity index (χ4n) is 3.72. The van der Waals surface area contributed by atoms with Crippen molar-refractivity contribution in [3.8, 4) is 5.75 Å². The van der Waals surface area contributed by atoms with Crippen LogP contribution in [0, 0.1) is 5.92 Å².